The molecule has 0 fully saturated rings. The summed E-state index contributed by atoms with van der Waals surface area (Å²) in [5, 5.41) is 3.02. The highest BCUT2D eigenvalue weighted by molar-refractivity contribution is 5.71. The van der Waals surface area contributed by atoms with Gasteiger partial charge in [0.1, 0.15) is 0 Å². The maximum Gasteiger partial charge on any atom is 0.416 e. The number of carbonyl (C=O) groups is 1. The van der Waals surface area contributed by atoms with Gasteiger partial charge in [0, 0.05) is 5.92 Å². The standard InChI is InChI=1S/C20H22F3NO2/c1-2-26-19(25)14-24-13-12-18(15-6-4-3-5-7-15)16-8-10-17(11-9-16)20(21,22)23/h3-11,18,24H,2,12-14H2,1H3. The van der Waals surface area contributed by atoms with Gasteiger partial charge in [0.25, 0.3) is 0 Å². The fourth-order valence-electron chi connectivity index (χ4n) is 2.76. The van der Waals surface area contributed by atoms with Crippen LogP contribution in [0.25, 0.3) is 0 Å². The van der Waals surface area contributed by atoms with E-state index < -0.39 is 11.7 Å². The minimum Gasteiger partial charge on any atom is -0.465 e. The second kappa shape index (κ2) is 9.38. The number of carbonyl (C=O) groups excluding carboxylic acids is 1. The van der Waals surface area contributed by atoms with Gasteiger partial charge < -0.3 is 10.1 Å². The average molecular weight is 365 g/mol. The third kappa shape index (κ3) is 5.88. The molecule has 0 aromatic heterocycles. The summed E-state index contributed by atoms with van der Waals surface area (Å²) in [4.78, 5) is 11.4. The second-order valence-electron chi connectivity index (χ2n) is 5.85. The first kappa shape index (κ1) is 20.0. The molecule has 0 aliphatic heterocycles. The Morgan fingerprint density at radius 3 is 2.23 bits per heavy atom. The molecule has 6 heteroatoms. The van der Waals surface area contributed by atoms with Crippen molar-refractivity contribution in [3.05, 3.63) is 71.3 Å². The van der Waals surface area contributed by atoms with Crippen molar-refractivity contribution in [2.24, 2.45) is 0 Å². The van der Waals surface area contributed by atoms with E-state index in [1.807, 2.05) is 30.3 Å². The van der Waals surface area contributed by atoms with Crippen molar-refractivity contribution in [3.63, 3.8) is 0 Å². The van der Waals surface area contributed by atoms with Crippen molar-refractivity contribution in [3.8, 4) is 0 Å². The van der Waals surface area contributed by atoms with Gasteiger partial charge in [-0.1, -0.05) is 42.5 Å². The van der Waals surface area contributed by atoms with E-state index in [1.54, 1.807) is 6.92 Å². The quantitative estimate of drug-likeness (QED) is 0.557. The number of hydrogen-bond donors (Lipinski definition) is 1. The lowest BCUT2D eigenvalue weighted by Gasteiger charge is -2.19. The summed E-state index contributed by atoms with van der Waals surface area (Å²) in [5.41, 5.74) is 1.17. The van der Waals surface area contributed by atoms with Crippen LogP contribution in [0.2, 0.25) is 0 Å². The maximum absolute atomic E-state index is 12.8. The highest BCUT2D eigenvalue weighted by Crippen LogP contribution is 2.32. The van der Waals surface area contributed by atoms with Crippen LogP contribution in [0.15, 0.2) is 54.6 Å². The van der Waals surface area contributed by atoms with Gasteiger partial charge in [-0.2, -0.15) is 13.2 Å². The van der Waals surface area contributed by atoms with Gasteiger partial charge in [-0.15, -0.1) is 0 Å². The van der Waals surface area contributed by atoms with Crippen LogP contribution in [-0.2, 0) is 15.7 Å². The molecule has 2 rings (SSSR count). The zero-order valence-corrected chi connectivity index (χ0v) is 14.6. The van der Waals surface area contributed by atoms with E-state index in [9.17, 15) is 18.0 Å². The van der Waals surface area contributed by atoms with Crippen LogP contribution in [0.5, 0.6) is 0 Å². The first-order chi connectivity index (χ1) is 12.4. The monoisotopic (exact) mass is 365 g/mol. The minimum atomic E-state index is -4.35. The summed E-state index contributed by atoms with van der Waals surface area (Å²) in [5.74, 6) is -0.383. The predicted molar refractivity (Wildman–Crippen MR) is 93.8 cm³/mol. The molecule has 0 heterocycles. The number of nitrogens with one attached hydrogen (secondary N) is 1. The molecule has 1 unspecified atom stereocenters. The van der Waals surface area contributed by atoms with Crippen LogP contribution in [-0.4, -0.2) is 25.7 Å². The summed E-state index contributed by atoms with van der Waals surface area (Å²) in [6.45, 7) is 2.73. The van der Waals surface area contributed by atoms with Crippen LogP contribution in [0.1, 0.15) is 36.0 Å². The Morgan fingerprint density at radius 2 is 1.65 bits per heavy atom. The second-order valence-corrected chi connectivity index (χ2v) is 5.85. The first-order valence-corrected chi connectivity index (χ1v) is 8.50. The molecule has 0 saturated heterocycles. The molecule has 2 aromatic carbocycles. The molecule has 1 N–H and O–H groups in total. The average Bonchev–Trinajstić information content (AvgIpc) is 2.62. The van der Waals surface area contributed by atoms with Crippen molar-refractivity contribution in [2.45, 2.75) is 25.4 Å². The van der Waals surface area contributed by atoms with Gasteiger partial charge in [-0.3, -0.25) is 4.79 Å². The molecule has 0 aliphatic carbocycles. The minimum absolute atomic E-state index is 0.0619. The van der Waals surface area contributed by atoms with Crippen molar-refractivity contribution in [1.29, 1.82) is 0 Å². The van der Waals surface area contributed by atoms with Crippen molar-refractivity contribution >= 4 is 5.97 Å². The van der Waals surface area contributed by atoms with E-state index in [4.69, 9.17) is 4.74 Å². The molecular weight excluding hydrogens is 343 g/mol. The molecule has 140 valence electrons. The fourth-order valence-corrected chi connectivity index (χ4v) is 2.76. The first-order valence-electron chi connectivity index (χ1n) is 8.50. The van der Waals surface area contributed by atoms with Crippen LogP contribution in [0.3, 0.4) is 0 Å². The summed E-state index contributed by atoms with van der Waals surface area (Å²) in [6, 6.07) is 14.9. The van der Waals surface area contributed by atoms with Crippen molar-refractivity contribution < 1.29 is 22.7 Å². The molecule has 1 atom stereocenters. The Bertz CT molecular complexity index is 684. The Balaban J connectivity index is 2.08. The van der Waals surface area contributed by atoms with E-state index in [2.05, 4.69) is 5.32 Å². The molecular formula is C20H22F3NO2. The summed E-state index contributed by atoms with van der Waals surface area (Å²) in [7, 11) is 0. The molecule has 0 saturated carbocycles. The molecule has 2 aromatic rings. The maximum atomic E-state index is 12.8. The lowest BCUT2D eigenvalue weighted by molar-refractivity contribution is -0.142. The van der Waals surface area contributed by atoms with E-state index in [0.29, 0.717) is 19.6 Å². The van der Waals surface area contributed by atoms with Crippen molar-refractivity contribution in [1.82, 2.24) is 5.32 Å². The summed E-state index contributed by atoms with van der Waals surface area (Å²) < 4.78 is 43.2. The number of ether oxygens (including phenoxy) is 1. The number of esters is 1. The molecule has 0 aliphatic rings. The van der Waals surface area contributed by atoms with Gasteiger partial charge in [-0.25, -0.2) is 0 Å². The van der Waals surface area contributed by atoms with Gasteiger partial charge in [0.05, 0.1) is 18.7 Å². The molecule has 26 heavy (non-hydrogen) atoms. The molecule has 0 bridgehead atoms. The lowest BCUT2D eigenvalue weighted by atomic mass is 9.88. The summed E-state index contributed by atoms with van der Waals surface area (Å²) in [6.07, 6.45) is -3.70. The Kier molecular flexibility index (Phi) is 7.21. The zero-order valence-electron chi connectivity index (χ0n) is 14.6. The number of rotatable bonds is 8. The number of alkyl halides is 3. The largest absolute Gasteiger partial charge is 0.465 e. The highest BCUT2D eigenvalue weighted by atomic mass is 19.4. The number of hydrogen-bond acceptors (Lipinski definition) is 3. The van der Waals surface area contributed by atoms with Crippen LogP contribution in [0, 0.1) is 0 Å². The zero-order chi connectivity index (χ0) is 19.0. The molecule has 0 amide bonds. The Morgan fingerprint density at radius 1 is 1.04 bits per heavy atom. The van der Waals surface area contributed by atoms with Gasteiger partial charge in [0.2, 0.25) is 0 Å². The molecule has 3 nitrogen and oxygen atoms in total. The molecule has 0 spiro atoms. The summed E-state index contributed by atoms with van der Waals surface area (Å²) >= 11 is 0. The Hall–Kier alpha value is -2.34. The van der Waals surface area contributed by atoms with E-state index in [-0.39, 0.29) is 18.4 Å². The van der Waals surface area contributed by atoms with Gasteiger partial charge in [-0.05, 0) is 43.1 Å². The normalized spacial score (nSPS) is 12.6. The third-order valence-electron chi connectivity index (χ3n) is 4.03. The number of benzene rings is 2. The van der Waals surface area contributed by atoms with E-state index in [1.165, 1.54) is 12.1 Å². The van der Waals surface area contributed by atoms with Crippen molar-refractivity contribution in [2.75, 3.05) is 19.7 Å². The van der Waals surface area contributed by atoms with E-state index in [0.717, 1.165) is 23.3 Å². The fraction of sp³-hybridized carbons (Fsp3) is 0.350. The lowest BCUT2D eigenvalue weighted by Crippen LogP contribution is -2.26. The Labute approximate surface area is 151 Å². The highest BCUT2D eigenvalue weighted by Gasteiger charge is 2.30. The smallest absolute Gasteiger partial charge is 0.416 e. The van der Waals surface area contributed by atoms with E-state index >= 15 is 0 Å². The topological polar surface area (TPSA) is 38.3 Å². The third-order valence-corrected chi connectivity index (χ3v) is 4.03. The van der Waals surface area contributed by atoms with Crippen LogP contribution >= 0.6 is 0 Å². The molecule has 0 radical (unpaired) electrons. The van der Waals surface area contributed by atoms with Gasteiger partial charge >= 0.3 is 12.1 Å². The SMILES string of the molecule is CCOC(=O)CNCCC(c1ccccc1)c1ccc(C(F)(F)F)cc1. The van der Waals surface area contributed by atoms with Crippen LogP contribution in [0.4, 0.5) is 13.2 Å². The number of halogens is 3. The predicted octanol–water partition coefficient (Wildman–Crippen LogP) is 4.38. The van der Waals surface area contributed by atoms with Crippen LogP contribution < -0.4 is 5.32 Å². The van der Waals surface area contributed by atoms with Gasteiger partial charge in [0.15, 0.2) is 0 Å².